The molecule has 0 fully saturated rings. The predicted molar refractivity (Wildman–Crippen MR) is 44.4 cm³/mol. The van der Waals surface area contributed by atoms with Crippen LogP contribution in [0.4, 0.5) is 0 Å². The van der Waals surface area contributed by atoms with Crippen LogP contribution in [0.15, 0.2) is 35.7 Å². The fourth-order valence-electron chi connectivity index (χ4n) is 0.698. The first kappa shape index (κ1) is 12.7. The number of benzene rings is 1. The zero-order valence-corrected chi connectivity index (χ0v) is 10.7. The monoisotopic (exact) mass is 206 g/mol. The topological polar surface area (TPSA) is 40.1 Å². The molecule has 0 aliphatic rings. The van der Waals surface area contributed by atoms with Crippen LogP contribution in [0.5, 0.6) is 0 Å². The summed E-state index contributed by atoms with van der Waals surface area (Å²) in [6.07, 6.45) is 1.54. The SMILES string of the molecule is O=S([O-])C=Cc1ccccc1.[K+]. The molecule has 4 heteroatoms. The van der Waals surface area contributed by atoms with Gasteiger partial charge in [-0.2, -0.15) is 0 Å². The maximum absolute atomic E-state index is 10.1. The van der Waals surface area contributed by atoms with Crippen molar-refractivity contribution in [2.45, 2.75) is 0 Å². The van der Waals surface area contributed by atoms with Gasteiger partial charge in [0.25, 0.3) is 0 Å². The smallest absolute Gasteiger partial charge is 0.769 e. The van der Waals surface area contributed by atoms with Gasteiger partial charge in [-0.3, -0.25) is 4.21 Å². The zero-order valence-electron chi connectivity index (χ0n) is 6.77. The van der Waals surface area contributed by atoms with Gasteiger partial charge in [0.1, 0.15) is 0 Å². The van der Waals surface area contributed by atoms with Crippen molar-refractivity contribution in [2.75, 3.05) is 0 Å². The molecule has 0 heterocycles. The summed E-state index contributed by atoms with van der Waals surface area (Å²) >= 11 is -2.10. The molecule has 0 aliphatic heterocycles. The summed E-state index contributed by atoms with van der Waals surface area (Å²) in [5.74, 6) is 0. The van der Waals surface area contributed by atoms with Gasteiger partial charge in [-0.15, -0.1) is 0 Å². The summed E-state index contributed by atoms with van der Waals surface area (Å²) in [6.45, 7) is 0. The zero-order chi connectivity index (χ0) is 8.10. The van der Waals surface area contributed by atoms with Crippen molar-refractivity contribution in [2.24, 2.45) is 0 Å². The fourth-order valence-corrected chi connectivity index (χ4v) is 0.967. The van der Waals surface area contributed by atoms with Crippen molar-refractivity contribution in [3.63, 3.8) is 0 Å². The van der Waals surface area contributed by atoms with Crippen LogP contribution in [0.2, 0.25) is 0 Å². The molecular formula is C8H7KO2S. The molecule has 1 aromatic rings. The minimum atomic E-state index is -2.10. The normalized spacial score (nSPS) is 12.4. The fraction of sp³-hybridized carbons (Fsp3) is 0. The van der Waals surface area contributed by atoms with E-state index in [2.05, 4.69) is 0 Å². The van der Waals surface area contributed by atoms with E-state index in [1.807, 2.05) is 30.3 Å². The average Bonchev–Trinajstić information content (AvgIpc) is 2.03. The molecule has 1 atom stereocenters. The van der Waals surface area contributed by atoms with Crippen molar-refractivity contribution in [1.82, 2.24) is 0 Å². The Kier molecular flexibility index (Phi) is 7.56. The van der Waals surface area contributed by atoms with E-state index in [-0.39, 0.29) is 51.4 Å². The van der Waals surface area contributed by atoms with Crippen LogP contribution in [-0.2, 0) is 11.1 Å². The van der Waals surface area contributed by atoms with E-state index in [9.17, 15) is 8.76 Å². The van der Waals surface area contributed by atoms with Crippen LogP contribution < -0.4 is 51.4 Å². The molecule has 1 unspecified atom stereocenters. The van der Waals surface area contributed by atoms with Crippen LogP contribution in [0.1, 0.15) is 5.56 Å². The first-order chi connectivity index (χ1) is 5.29. The van der Waals surface area contributed by atoms with Crippen LogP contribution in [-0.4, -0.2) is 8.76 Å². The van der Waals surface area contributed by atoms with Crippen molar-refractivity contribution in [3.8, 4) is 0 Å². The Morgan fingerprint density at radius 1 is 1.25 bits per heavy atom. The Labute approximate surface area is 117 Å². The molecule has 1 aromatic carbocycles. The number of hydrogen-bond acceptors (Lipinski definition) is 2. The maximum Gasteiger partial charge on any atom is 1.00 e. The Morgan fingerprint density at radius 3 is 2.33 bits per heavy atom. The summed E-state index contributed by atoms with van der Waals surface area (Å²) in [4.78, 5) is 0. The third-order valence-electron chi connectivity index (χ3n) is 1.17. The third-order valence-corrected chi connectivity index (χ3v) is 1.53. The third kappa shape index (κ3) is 5.37. The van der Waals surface area contributed by atoms with Gasteiger partial charge in [0.05, 0.1) is 0 Å². The summed E-state index contributed by atoms with van der Waals surface area (Å²) < 4.78 is 20.2. The van der Waals surface area contributed by atoms with Crippen LogP contribution in [0.3, 0.4) is 0 Å². The Morgan fingerprint density at radius 2 is 1.83 bits per heavy atom. The van der Waals surface area contributed by atoms with E-state index in [0.29, 0.717) is 0 Å². The molecule has 1 rings (SSSR count). The second kappa shape index (κ2) is 7.14. The van der Waals surface area contributed by atoms with Crippen LogP contribution in [0.25, 0.3) is 6.08 Å². The molecule has 0 saturated heterocycles. The molecule has 0 amide bonds. The van der Waals surface area contributed by atoms with E-state index in [1.54, 1.807) is 6.08 Å². The molecule has 58 valence electrons. The summed E-state index contributed by atoms with van der Waals surface area (Å²) in [7, 11) is 0. The van der Waals surface area contributed by atoms with Gasteiger partial charge in [0.2, 0.25) is 0 Å². The van der Waals surface area contributed by atoms with Gasteiger partial charge in [-0.1, -0.05) is 30.3 Å². The molecule has 12 heavy (non-hydrogen) atoms. The van der Waals surface area contributed by atoms with Crippen LogP contribution >= 0.6 is 0 Å². The molecule has 0 saturated carbocycles. The van der Waals surface area contributed by atoms with E-state index < -0.39 is 11.1 Å². The molecule has 0 aromatic heterocycles. The van der Waals surface area contributed by atoms with Gasteiger partial charge in [0.15, 0.2) is 0 Å². The summed E-state index contributed by atoms with van der Waals surface area (Å²) in [6, 6.07) is 9.26. The molecule has 0 spiro atoms. The summed E-state index contributed by atoms with van der Waals surface area (Å²) in [5.41, 5.74) is 0.886. The number of hydrogen-bond donors (Lipinski definition) is 0. The first-order valence-corrected chi connectivity index (χ1v) is 4.24. The van der Waals surface area contributed by atoms with Gasteiger partial charge in [-0.05, 0) is 28.1 Å². The van der Waals surface area contributed by atoms with E-state index in [4.69, 9.17) is 0 Å². The van der Waals surface area contributed by atoms with Gasteiger partial charge in [0, 0.05) is 0 Å². The van der Waals surface area contributed by atoms with Gasteiger partial charge in [-0.25, -0.2) is 0 Å². The van der Waals surface area contributed by atoms with E-state index in [1.165, 1.54) is 0 Å². The Balaban J connectivity index is 0.00000121. The second-order valence-electron chi connectivity index (χ2n) is 1.97. The molecule has 0 bridgehead atoms. The molecular weight excluding hydrogens is 199 g/mol. The minimum absolute atomic E-state index is 0. The number of rotatable bonds is 2. The standard InChI is InChI=1S/C8H8O2S.K/c9-11(10)7-6-8-4-2-1-3-5-8;/h1-7H,(H,9,10);/q;+1/p-1. The van der Waals surface area contributed by atoms with Gasteiger partial charge >= 0.3 is 51.4 Å². The molecule has 0 radical (unpaired) electrons. The largest absolute Gasteiger partial charge is 1.00 e. The minimum Gasteiger partial charge on any atom is -0.769 e. The first-order valence-electron chi connectivity index (χ1n) is 3.10. The van der Waals surface area contributed by atoms with Crippen molar-refractivity contribution in [1.29, 1.82) is 0 Å². The average molecular weight is 206 g/mol. The van der Waals surface area contributed by atoms with Crippen LogP contribution in [0, 0.1) is 0 Å². The summed E-state index contributed by atoms with van der Waals surface area (Å²) in [5, 5.41) is 1.12. The van der Waals surface area contributed by atoms with Crippen molar-refractivity contribution in [3.05, 3.63) is 41.3 Å². The van der Waals surface area contributed by atoms with Crippen molar-refractivity contribution < 1.29 is 60.1 Å². The molecule has 2 nitrogen and oxygen atoms in total. The van der Waals surface area contributed by atoms with E-state index in [0.717, 1.165) is 11.0 Å². The Hall–Kier alpha value is 0.706. The second-order valence-corrected chi connectivity index (χ2v) is 2.77. The maximum atomic E-state index is 10.1. The quantitative estimate of drug-likeness (QED) is 0.438. The Bertz CT molecular complexity index is 272. The molecule has 0 aliphatic carbocycles. The predicted octanol–water partition coefficient (Wildman–Crippen LogP) is -1.46. The molecule has 0 N–H and O–H groups in total. The van der Waals surface area contributed by atoms with E-state index >= 15 is 0 Å². The van der Waals surface area contributed by atoms with Crippen molar-refractivity contribution >= 4 is 17.2 Å². The van der Waals surface area contributed by atoms with Gasteiger partial charge < -0.3 is 4.55 Å².